The fourth-order valence-electron chi connectivity index (χ4n) is 2.60. The highest BCUT2D eigenvalue weighted by molar-refractivity contribution is 6.02. The Morgan fingerprint density at radius 1 is 1.33 bits per heavy atom. The van der Waals surface area contributed by atoms with Gasteiger partial charge in [0.05, 0.1) is 7.11 Å². The summed E-state index contributed by atoms with van der Waals surface area (Å²) in [7, 11) is 1.21. The third-order valence-electron chi connectivity index (χ3n) is 3.84. The van der Waals surface area contributed by atoms with Gasteiger partial charge in [-0.2, -0.15) is 0 Å². The number of Topliss-reactive ketones (excluding diaryl/α,β-unsaturated/α-hetero) is 2. The molecule has 0 radical (unpaired) electrons. The van der Waals surface area contributed by atoms with Crippen LogP contribution in [0.4, 0.5) is 0 Å². The van der Waals surface area contributed by atoms with Crippen LogP contribution in [0, 0.1) is 5.92 Å². The maximum Gasteiger partial charge on any atom is 0.341 e. The van der Waals surface area contributed by atoms with E-state index in [2.05, 4.69) is 4.74 Å². The molecule has 0 aromatic heterocycles. The van der Waals surface area contributed by atoms with Gasteiger partial charge in [-0.1, -0.05) is 6.42 Å². The van der Waals surface area contributed by atoms with Crippen molar-refractivity contribution in [2.75, 3.05) is 7.11 Å². The molecular formula is C16H18O5. The highest BCUT2D eigenvalue weighted by atomic mass is 16.5. The summed E-state index contributed by atoms with van der Waals surface area (Å²) in [5.74, 6) is -1.20. The summed E-state index contributed by atoms with van der Waals surface area (Å²) in [6, 6.07) is 4.07. The minimum atomic E-state index is -0.698. The van der Waals surface area contributed by atoms with E-state index in [9.17, 15) is 19.5 Å². The fraction of sp³-hybridized carbons (Fsp3) is 0.438. The maximum atomic E-state index is 12.2. The Balaban J connectivity index is 2.15. The van der Waals surface area contributed by atoms with Crippen molar-refractivity contribution in [3.63, 3.8) is 0 Å². The third-order valence-corrected chi connectivity index (χ3v) is 3.84. The average molecular weight is 290 g/mol. The van der Waals surface area contributed by atoms with E-state index in [4.69, 9.17) is 0 Å². The van der Waals surface area contributed by atoms with Gasteiger partial charge in [0, 0.05) is 24.3 Å². The number of carbonyl (C=O) groups is 3. The second kappa shape index (κ2) is 6.52. The van der Waals surface area contributed by atoms with Gasteiger partial charge < -0.3 is 9.84 Å². The van der Waals surface area contributed by atoms with Crippen molar-refractivity contribution in [1.82, 2.24) is 0 Å². The largest absolute Gasteiger partial charge is 0.507 e. The van der Waals surface area contributed by atoms with Gasteiger partial charge in [-0.25, -0.2) is 4.79 Å². The van der Waals surface area contributed by atoms with Crippen LogP contribution in [-0.4, -0.2) is 29.8 Å². The molecule has 1 saturated carbocycles. The second-order valence-electron chi connectivity index (χ2n) is 5.26. The van der Waals surface area contributed by atoms with Crippen molar-refractivity contribution in [2.24, 2.45) is 5.92 Å². The number of carbonyl (C=O) groups excluding carboxylic acids is 3. The molecule has 0 bridgehead atoms. The zero-order valence-electron chi connectivity index (χ0n) is 11.9. The van der Waals surface area contributed by atoms with Crippen LogP contribution in [0.25, 0.3) is 0 Å². The molecule has 1 N–H and O–H groups in total. The molecule has 112 valence electrons. The molecule has 21 heavy (non-hydrogen) atoms. The first-order valence-corrected chi connectivity index (χ1v) is 7.00. The Morgan fingerprint density at radius 3 is 2.76 bits per heavy atom. The molecular weight excluding hydrogens is 272 g/mol. The van der Waals surface area contributed by atoms with Gasteiger partial charge in [0.1, 0.15) is 17.1 Å². The summed E-state index contributed by atoms with van der Waals surface area (Å²) in [5.41, 5.74) is 0.268. The Hall–Kier alpha value is -2.17. The first-order chi connectivity index (χ1) is 10.0. The van der Waals surface area contributed by atoms with Crippen LogP contribution in [0.1, 0.15) is 52.8 Å². The monoisotopic (exact) mass is 290 g/mol. The van der Waals surface area contributed by atoms with Crippen LogP contribution in [0.2, 0.25) is 0 Å². The standard InChI is InChI=1S/C16H18O5/c1-21-16(20)12-8-11(6-7-14(12)18)15(19)9-10-4-2-3-5-13(10)17/h6-8,10,18H,2-5,9H2,1H3/t10-/m1/s1. The third kappa shape index (κ3) is 3.48. The number of phenolic OH excluding ortho intramolecular Hbond substituents is 1. The SMILES string of the molecule is COC(=O)c1cc(C(=O)C[C@H]2CCCCC2=O)ccc1O. The molecule has 0 unspecified atom stereocenters. The molecule has 1 aliphatic rings. The number of methoxy groups -OCH3 is 1. The topological polar surface area (TPSA) is 80.7 Å². The van der Waals surface area contributed by atoms with Gasteiger partial charge in [-0.05, 0) is 31.0 Å². The molecule has 2 rings (SSSR count). The van der Waals surface area contributed by atoms with Crippen LogP contribution in [0.5, 0.6) is 5.75 Å². The lowest BCUT2D eigenvalue weighted by Gasteiger charge is -2.19. The maximum absolute atomic E-state index is 12.2. The first-order valence-electron chi connectivity index (χ1n) is 7.00. The highest BCUT2D eigenvalue weighted by Crippen LogP contribution is 2.26. The van der Waals surface area contributed by atoms with Crippen molar-refractivity contribution in [3.05, 3.63) is 29.3 Å². The average Bonchev–Trinajstić information content (AvgIpc) is 2.49. The summed E-state index contributed by atoms with van der Waals surface area (Å²) in [6.07, 6.45) is 3.31. The Kier molecular flexibility index (Phi) is 4.73. The van der Waals surface area contributed by atoms with E-state index >= 15 is 0 Å². The molecule has 1 aliphatic carbocycles. The molecule has 1 aromatic carbocycles. The minimum absolute atomic E-state index is 0.0432. The number of hydrogen-bond donors (Lipinski definition) is 1. The van der Waals surface area contributed by atoms with Crippen molar-refractivity contribution in [3.8, 4) is 5.75 Å². The molecule has 0 amide bonds. The molecule has 0 heterocycles. The van der Waals surface area contributed by atoms with Gasteiger partial charge in [0.2, 0.25) is 0 Å². The normalized spacial score (nSPS) is 18.3. The van der Waals surface area contributed by atoms with E-state index in [1.165, 1.54) is 25.3 Å². The van der Waals surface area contributed by atoms with Gasteiger partial charge in [0.15, 0.2) is 5.78 Å². The lowest BCUT2D eigenvalue weighted by Crippen LogP contribution is -2.22. The van der Waals surface area contributed by atoms with Crippen molar-refractivity contribution >= 4 is 17.5 Å². The van der Waals surface area contributed by atoms with Crippen molar-refractivity contribution in [1.29, 1.82) is 0 Å². The number of rotatable bonds is 4. The van der Waals surface area contributed by atoms with Gasteiger partial charge in [-0.15, -0.1) is 0 Å². The van der Waals surface area contributed by atoms with E-state index < -0.39 is 5.97 Å². The van der Waals surface area contributed by atoms with Gasteiger partial charge in [-0.3, -0.25) is 9.59 Å². The lowest BCUT2D eigenvalue weighted by atomic mass is 9.83. The molecule has 5 heteroatoms. The molecule has 1 atom stereocenters. The van der Waals surface area contributed by atoms with Crippen LogP contribution in [-0.2, 0) is 9.53 Å². The van der Waals surface area contributed by atoms with E-state index in [-0.39, 0.29) is 35.2 Å². The molecule has 1 aromatic rings. The van der Waals surface area contributed by atoms with Gasteiger partial charge >= 0.3 is 5.97 Å². The van der Waals surface area contributed by atoms with Crippen molar-refractivity contribution in [2.45, 2.75) is 32.1 Å². The summed E-state index contributed by atoms with van der Waals surface area (Å²) in [4.78, 5) is 35.5. The Labute approximate surface area is 122 Å². The lowest BCUT2D eigenvalue weighted by molar-refractivity contribution is -0.124. The summed E-state index contributed by atoms with van der Waals surface area (Å²) in [5, 5.41) is 9.62. The van der Waals surface area contributed by atoms with E-state index in [1.807, 2.05) is 0 Å². The van der Waals surface area contributed by atoms with Crippen LogP contribution >= 0.6 is 0 Å². The van der Waals surface area contributed by atoms with Crippen molar-refractivity contribution < 1.29 is 24.2 Å². The molecule has 0 aliphatic heterocycles. The smallest absolute Gasteiger partial charge is 0.341 e. The fourth-order valence-corrected chi connectivity index (χ4v) is 2.60. The Bertz CT molecular complexity index is 576. The van der Waals surface area contributed by atoms with E-state index in [0.717, 1.165) is 19.3 Å². The molecule has 5 nitrogen and oxygen atoms in total. The first kappa shape index (κ1) is 15.2. The summed E-state index contributed by atoms with van der Waals surface area (Å²) >= 11 is 0. The predicted octanol–water partition coefficient (Wildman–Crippen LogP) is 2.51. The van der Waals surface area contributed by atoms with Crippen LogP contribution < -0.4 is 0 Å². The molecule has 0 spiro atoms. The number of ketones is 2. The zero-order valence-corrected chi connectivity index (χ0v) is 11.9. The molecule has 1 fully saturated rings. The number of ether oxygens (including phenoxy) is 1. The predicted molar refractivity (Wildman–Crippen MR) is 75.4 cm³/mol. The van der Waals surface area contributed by atoms with Crippen LogP contribution in [0.3, 0.4) is 0 Å². The second-order valence-corrected chi connectivity index (χ2v) is 5.26. The number of hydrogen-bond acceptors (Lipinski definition) is 5. The van der Waals surface area contributed by atoms with E-state index in [1.54, 1.807) is 0 Å². The number of phenols is 1. The number of benzene rings is 1. The highest BCUT2D eigenvalue weighted by Gasteiger charge is 2.25. The number of aromatic hydroxyl groups is 1. The summed E-state index contributed by atoms with van der Waals surface area (Å²) in [6.45, 7) is 0. The molecule has 0 saturated heterocycles. The Morgan fingerprint density at radius 2 is 2.10 bits per heavy atom. The minimum Gasteiger partial charge on any atom is -0.507 e. The quantitative estimate of drug-likeness (QED) is 0.680. The number of esters is 1. The van der Waals surface area contributed by atoms with Gasteiger partial charge in [0.25, 0.3) is 0 Å². The summed E-state index contributed by atoms with van der Waals surface area (Å²) < 4.78 is 4.55. The van der Waals surface area contributed by atoms with Crippen LogP contribution in [0.15, 0.2) is 18.2 Å². The zero-order chi connectivity index (χ0) is 15.4. The van der Waals surface area contributed by atoms with E-state index in [0.29, 0.717) is 12.0 Å².